The maximum absolute atomic E-state index is 12.6. The number of piperidine rings is 2. The molecular weight excluding hydrogens is 422 g/mol. The van der Waals surface area contributed by atoms with Gasteiger partial charge in [-0.25, -0.2) is 0 Å². The maximum atomic E-state index is 12.6. The molecule has 2 saturated heterocycles. The van der Waals surface area contributed by atoms with E-state index in [4.69, 9.17) is 4.74 Å². The molecule has 0 unspecified atom stereocenters. The predicted octanol–water partition coefficient (Wildman–Crippen LogP) is 5.02. The molecule has 3 fully saturated rings. The number of ether oxygens (including phenoxy) is 1. The standard InChI is InChI=1S/C29H45N3O2/c1-23(26-7-3-2-4-8-26)31-29(33)22-25-15-20-32(21-16-25)19-5-6-24-9-11-27(12-10-24)34-28-13-17-30-18-14-28/h5-6,9-12,23,25-26,28,30H,2-4,7-8,13-22H2,1H3,(H,31,33)/b6-5+/t23-/m1/s1. The molecule has 34 heavy (non-hydrogen) atoms. The number of likely N-dealkylation sites (tertiary alicyclic amines) is 1. The molecule has 1 amide bonds. The Morgan fingerprint density at radius 3 is 2.47 bits per heavy atom. The molecule has 0 aromatic heterocycles. The highest BCUT2D eigenvalue weighted by molar-refractivity contribution is 5.76. The van der Waals surface area contributed by atoms with Gasteiger partial charge in [0.1, 0.15) is 11.9 Å². The van der Waals surface area contributed by atoms with Crippen molar-refractivity contribution in [2.24, 2.45) is 11.8 Å². The monoisotopic (exact) mass is 467 g/mol. The van der Waals surface area contributed by atoms with Crippen molar-refractivity contribution >= 4 is 12.0 Å². The first-order valence-corrected chi connectivity index (χ1v) is 13.8. The van der Waals surface area contributed by atoms with Crippen LogP contribution in [0.5, 0.6) is 5.75 Å². The molecule has 1 saturated carbocycles. The van der Waals surface area contributed by atoms with Gasteiger partial charge < -0.3 is 15.4 Å². The van der Waals surface area contributed by atoms with E-state index in [2.05, 4.69) is 58.9 Å². The van der Waals surface area contributed by atoms with Crippen LogP contribution in [0.25, 0.3) is 6.08 Å². The first kappa shape index (κ1) is 25.2. The van der Waals surface area contributed by atoms with Crippen LogP contribution >= 0.6 is 0 Å². The van der Waals surface area contributed by atoms with Gasteiger partial charge in [-0.15, -0.1) is 0 Å². The molecule has 188 valence electrons. The number of nitrogens with one attached hydrogen (secondary N) is 2. The van der Waals surface area contributed by atoms with Crippen molar-refractivity contribution in [2.75, 3.05) is 32.7 Å². The molecule has 2 heterocycles. The number of carbonyl (C=O) groups is 1. The van der Waals surface area contributed by atoms with Crippen LogP contribution in [0.2, 0.25) is 0 Å². The molecule has 0 spiro atoms. The van der Waals surface area contributed by atoms with Gasteiger partial charge in [-0.1, -0.05) is 43.5 Å². The highest BCUT2D eigenvalue weighted by Gasteiger charge is 2.24. The number of hydrogen-bond acceptors (Lipinski definition) is 4. The van der Waals surface area contributed by atoms with E-state index in [9.17, 15) is 4.79 Å². The molecule has 3 aliphatic rings. The number of carbonyl (C=O) groups excluding carboxylic acids is 1. The Morgan fingerprint density at radius 2 is 1.76 bits per heavy atom. The average molecular weight is 468 g/mol. The molecule has 1 aromatic rings. The summed E-state index contributed by atoms with van der Waals surface area (Å²) < 4.78 is 6.10. The van der Waals surface area contributed by atoms with E-state index >= 15 is 0 Å². The van der Waals surface area contributed by atoms with E-state index in [1.165, 1.54) is 37.7 Å². The highest BCUT2D eigenvalue weighted by Crippen LogP contribution is 2.27. The maximum Gasteiger partial charge on any atom is 0.220 e. The summed E-state index contributed by atoms with van der Waals surface area (Å²) in [5, 5.41) is 6.69. The van der Waals surface area contributed by atoms with Crippen molar-refractivity contribution in [3.63, 3.8) is 0 Å². The first-order valence-electron chi connectivity index (χ1n) is 13.8. The molecule has 2 aliphatic heterocycles. The second-order valence-electron chi connectivity index (χ2n) is 10.7. The van der Waals surface area contributed by atoms with E-state index in [-0.39, 0.29) is 5.91 Å². The fraction of sp³-hybridized carbons (Fsp3) is 0.690. The van der Waals surface area contributed by atoms with Crippen molar-refractivity contribution in [1.29, 1.82) is 0 Å². The summed E-state index contributed by atoms with van der Waals surface area (Å²) in [6, 6.07) is 8.81. The molecule has 1 aromatic carbocycles. The van der Waals surface area contributed by atoms with Crippen molar-refractivity contribution in [3.8, 4) is 5.75 Å². The summed E-state index contributed by atoms with van der Waals surface area (Å²) in [6.45, 7) is 7.46. The molecular formula is C29H45N3O2. The zero-order chi connectivity index (χ0) is 23.6. The predicted molar refractivity (Wildman–Crippen MR) is 140 cm³/mol. The number of amides is 1. The van der Waals surface area contributed by atoms with Crippen molar-refractivity contribution in [2.45, 2.75) is 83.3 Å². The lowest BCUT2D eigenvalue weighted by Crippen LogP contribution is -2.41. The Hall–Kier alpha value is -1.85. The Morgan fingerprint density at radius 1 is 1.06 bits per heavy atom. The summed E-state index contributed by atoms with van der Waals surface area (Å²) in [4.78, 5) is 15.1. The summed E-state index contributed by atoms with van der Waals surface area (Å²) in [6.07, 6.45) is 16.5. The Kier molecular flexibility index (Phi) is 9.87. The van der Waals surface area contributed by atoms with Gasteiger partial charge >= 0.3 is 0 Å². The van der Waals surface area contributed by atoms with Crippen LogP contribution in [0.15, 0.2) is 30.3 Å². The second kappa shape index (κ2) is 13.3. The van der Waals surface area contributed by atoms with Crippen LogP contribution in [0.3, 0.4) is 0 Å². The second-order valence-corrected chi connectivity index (χ2v) is 10.7. The van der Waals surface area contributed by atoms with E-state index in [0.29, 0.717) is 30.4 Å². The quantitative estimate of drug-likeness (QED) is 0.536. The molecule has 0 bridgehead atoms. The van der Waals surface area contributed by atoms with Crippen LogP contribution < -0.4 is 15.4 Å². The average Bonchev–Trinajstić information content (AvgIpc) is 2.87. The van der Waals surface area contributed by atoms with E-state index in [1.54, 1.807) is 0 Å². The van der Waals surface area contributed by atoms with E-state index < -0.39 is 0 Å². The molecule has 5 nitrogen and oxygen atoms in total. The summed E-state index contributed by atoms with van der Waals surface area (Å²) in [5.41, 5.74) is 1.22. The van der Waals surface area contributed by atoms with Gasteiger partial charge in [-0.2, -0.15) is 0 Å². The number of hydrogen-bond donors (Lipinski definition) is 2. The minimum Gasteiger partial charge on any atom is -0.490 e. The largest absolute Gasteiger partial charge is 0.490 e. The third-order valence-electron chi connectivity index (χ3n) is 8.07. The lowest BCUT2D eigenvalue weighted by molar-refractivity contribution is -0.123. The summed E-state index contributed by atoms with van der Waals surface area (Å²) in [7, 11) is 0. The zero-order valence-electron chi connectivity index (χ0n) is 21.1. The smallest absolute Gasteiger partial charge is 0.220 e. The molecule has 1 atom stereocenters. The lowest BCUT2D eigenvalue weighted by Gasteiger charge is -2.32. The van der Waals surface area contributed by atoms with E-state index in [1.807, 2.05) is 0 Å². The van der Waals surface area contributed by atoms with Gasteiger partial charge in [0.25, 0.3) is 0 Å². The fourth-order valence-electron chi connectivity index (χ4n) is 5.80. The van der Waals surface area contributed by atoms with Crippen LogP contribution in [-0.4, -0.2) is 55.7 Å². The van der Waals surface area contributed by atoms with Crippen LogP contribution in [0.1, 0.15) is 76.7 Å². The van der Waals surface area contributed by atoms with Crippen LogP contribution in [0.4, 0.5) is 0 Å². The van der Waals surface area contributed by atoms with Gasteiger partial charge in [0.15, 0.2) is 0 Å². The van der Waals surface area contributed by atoms with Gasteiger partial charge in [0.05, 0.1) is 0 Å². The van der Waals surface area contributed by atoms with Gasteiger partial charge in [0.2, 0.25) is 5.91 Å². The normalized spacial score (nSPS) is 22.6. The molecule has 1 aliphatic carbocycles. The number of nitrogens with zero attached hydrogens (tertiary/aromatic N) is 1. The first-order chi connectivity index (χ1) is 16.7. The minimum atomic E-state index is 0.268. The highest BCUT2D eigenvalue weighted by atomic mass is 16.5. The van der Waals surface area contributed by atoms with Crippen molar-refractivity contribution < 1.29 is 9.53 Å². The van der Waals surface area contributed by atoms with Crippen molar-refractivity contribution in [1.82, 2.24) is 15.5 Å². The lowest BCUT2D eigenvalue weighted by atomic mass is 9.84. The molecule has 2 N–H and O–H groups in total. The zero-order valence-corrected chi connectivity index (χ0v) is 21.1. The Labute approximate surface area is 206 Å². The summed E-state index contributed by atoms with van der Waals surface area (Å²) in [5.74, 6) is 2.46. The van der Waals surface area contributed by atoms with Gasteiger partial charge in [0, 0.05) is 19.0 Å². The molecule has 4 rings (SSSR count). The Bertz CT molecular complexity index is 758. The Balaban J connectivity index is 1.11. The van der Waals surface area contributed by atoms with Crippen molar-refractivity contribution in [3.05, 3.63) is 35.9 Å². The number of benzene rings is 1. The van der Waals surface area contributed by atoms with E-state index in [0.717, 1.165) is 64.2 Å². The minimum absolute atomic E-state index is 0.268. The third-order valence-corrected chi connectivity index (χ3v) is 8.07. The third kappa shape index (κ3) is 8.13. The molecule has 0 radical (unpaired) electrons. The van der Waals surface area contributed by atoms with Crippen LogP contribution in [0, 0.1) is 11.8 Å². The SMILES string of the molecule is C[C@@H](NC(=O)CC1CCN(C/C=C/c2ccc(OC3CCNCC3)cc2)CC1)C1CCCCC1. The topological polar surface area (TPSA) is 53.6 Å². The fourth-order valence-corrected chi connectivity index (χ4v) is 5.80. The molecule has 5 heteroatoms. The van der Waals surface area contributed by atoms with Gasteiger partial charge in [-0.3, -0.25) is 9.69 Å². The van der Waals surface area contributed by atoms with Gasteiger partial charge in [-0.05, 0) is 101 Å². The van der Waals surface area contributed by atoms with Crippen LogP contribution in [-0.2, 0) is 4.79 Å². The number of rotatable bonds is 9. The summed E-state index contributed by atoms with van der Waals surface area (Å²) >= 11 is 0.